The number of halogens is 1. The van der Waals surface area contributed by atoms with Gasteiger partial charge in [-0.3, -0.25) is 9.48 Å². The number of aryl methyl sites for hydroxylation is 2. The van der Waals surface area contributed by atoms with Crippen LogP contribution >= 0.6 is 12.4 Å². The molecule has 0 aliphatic heterocycles. The average molecular weight is 275 g/mol. The summed E-state index contributed by atoms with van der Waals surface area (Å²) in [5.41, 5.74) is 7.06. The summed E-state index contributed by atoms with van der Waals surface area (Å²) in [5, 5.41) is 4.18. The molecule has 0 unspecified atom stereocenters. The number of hydrogen-bond donors (Lipinski definition) is 1. The molecule has 18 heavy (non-hydrogen) atoms. The van der Waals surface area contributed by atoms with Crippen LogP contribution in [0.3, 0.4) is 0 Å². The Hall–Kier alpha value is -1.07. The van der Waals surface area contributed by atoms with E-state index in [1.807, 2.05) is 20.8 Å². The normalized spacial score (nSPS) is 11.0. The van der Waals surface area contributed by atoms with Gasteiger partial charge in [-0.2, -0.15) is 5.10 Å². The van der Waals surface area contributed by atoms with Crippen molar-refractivity contribution in [3.8, 4) is 0 Å². The number of amides is 1. The van der Waals surface area contributed by atoms with Crippen LogP contribution in [0.1, 0.15) is 30.0 Å². The molecule has 0 radical (unpaired) electrons. The van der Waals surface area contributed by atoms with Crippen LogP contribution in [-0.2, 0) is 7.05 Å². The molecule has 1 rings (SSSR count). The van der Waals surface area contributed by atoms with Crippen LogP contribution < -0.4 is 5.73 Å². The van der Waals surface area contributed by atoms with Gasteiger partial charge in [0.1, 0.15) is 5.69 Å². The standard InChI is InChI=1S/C12H22N4O.ClH/c1-9-6-10(16(5)14-9)11(17)15(4)8-12(2,3)7-13;/h6H,7-8,13H2,1-5H3;1H. The smallest absolute Gasteiger partial charge is 0.271 e. The summed E-state index contributed by atoms with van der Waals surface area (Å²) in [4.78, 5) is 13.9. The molecule has 0 saturated heterocycles. The van der Waals surface area contributed by atoms with E-state index in [0.717, 1.165) is 5.69 Å². The fourth-order valence-electron chi connectivity index (χ4n) is 1.78. The zero-order valence-electron chi connectivity index (χ0n) is 11.7. The second-order valence-corrected chi connectivity index (χ2v) is 5.32. The molecule has 0 aliphatic carbocycles. The zero-order chi connectivity index (χ0) is 13.2. The van der Waals surface area contributed by atoms with E-state index in [4.69, 9.17) is 5.73 Å². The maximum atomic E-state index is 12.2. The molecule has 1 aromatic heterocycles. The van der Waals surface area contributed by atoms with E-state index in [1.165, 1.54) is 0 Å². The lowest BCUT2D eigenvalue weighted by molar-refractivity contribution is 0.0729. The molecule has 2 N–H and O–H groups in total. The van der Waals surface area contributed by atoms with Crippen molar-refractivity contribution < 1.29 is 4.79 Å². The van der Waals surface area contributed by atoms with Crippen LogP contribution in [0.5, 0.6) is 0 Å². The van der Waals surface area contributed by atoms with Crippen molar-refractivity contribution in [2.24, 2.45) is 18.2 Å². The van der Waals surface area contributed by atoms with Gasteiger partial charge in [-0.1, -0.05) is 13.8 Å². The van der Waals surface area contributed by atoms with Crippen LogP contribution in [-0.4, -0.2) is 40.7 Å². The third kappa shape index (κ3) is 3.99. The Morgan fingerprint density at radius 3 is 2.50 bits per heavy atom. The van der Waals surface area contributed by atoms with Crippen LogP contribution in [0.25, 0.3) is 0 Å². The first-order chi connectivity index (χ1) is 7.76. The van der Waals surface area contributed by atoms with Gasteiger partial charge >= 0.3 is 0 Å². The maximum absolute atomic E-state index is 12.2. The Balaban J connectivity index is 0.00000289. The van der Waals surface area contributed by atoms with E-state index in [1.54, 1.807) is 29.7 Å². The second kappa shape index (κ2) is 6.20. The highest BCUT2D eigenvalue weighted by Crippen LogP contribution is 2.15. The summed E-state index contributed by atoms with van der Waals surface area (Å²) in [6, 6.07) is 1.80. The molecule has 0 atom stereocenters. The maximum Gasteiger partial charge on any atom is 0.271 e. The molecule has 1 heterocycles. The third-order valence-corrected chi connectivity index (χ3v) is 2.79. The van der Waals surface area contributed by atoms with Crippen molar-refractivity contribution in [1.29, 1.82) is 0 Å². The fraction of sp³-hybridized carbons (Fsp3) is 0.667. The first kappa shape index (κ1) is 16.9. The van der Waals surface area contributed by atoms with Gasteiger partial charge in [0.25, 0.3) is 5.91 Å². The molecule has 104 valence electrons. The van der Waals surface area contributed by atoms with Gasteiger partial charge in [-0.05, 0) is 24.9 Å². The quantitative estimate of drug-likeness (QED) is 0.898. The topological polar surface area (TPSA) is 64.2 Å². The Morgan fingerprint density at radius 2 is 2.11 bits per heavy atom. The van der Waals surface area contributed by atoms with Crippen LogP contribution in [0.15, 0.2) is 6.07 Å². The van der Waals surface area contributed by atoms with E-state index in [2.05, 4.69) is 5.10 Å². The summed E-state index contributed by atoms with van der Waals surface area (Å²) in [5.74, 6) is -0.0189. The third-order valence-electron chi connectivity index (χ3n) is 2.79. The minimum absolute atomic E-state index is 0. The Labute approximate surface area is 115 Å². The van der Waals surface area contributed by atoms with Gasteiger partial charge in [0.05, 0.1) is 5.69 Å². The van der Waals surface area contributed by atoms with Crippen molar-refractivity contribution >= 4 is 18.3 Å². The number of aromatic nitrogens is 2. The van der Waals surface area contributed by atoms with Crippen molar-refractivity contribution in [3.63, 3.8) is 0 Å². The van der Waals surface area contributed by atoms with Crippen molar-refractivity contribution in [2.75, 3.05) is 20.1 Å². The number of rotatable bonds is 4. The van der Waals surface area contributed by atoms with Gasteiger partial charge in [0.15, 0.2) is 0 Å². The van der Waals surface area contributed by atoms with Gasteiger partial charge in [-0.15, -0.1) is 12.4 Å². The van der Waals surface area contributed by atoms with E-state index in [-0.39, 0.29) is 23.7 Å². The summed E-state index contributed by atoms with van der Waals surface area (Å²) in [6.45, 7) is 7.15. The van der Waals surface area contributed by atoms with E-state index >= 15 is 0 Å². The first-order valence-electron chi connectivity index (χ1n) is 5.73. The lowest BCUT2D eigenvalue weighted by atomic mass is 9.93. The van der Waals surface area contributed by atoms with Crippen LogP contribution in [0, 0.1) is 12.3 Å². The number of nitrogens with two attached hydrogens (primary N) is 1. The lowest BCUT2D eigenvalue weighted by Gasteiger charge is -2.28. The first-order valence-corrected chi connectivity index (χ1v) is 5.73. The minimum atomic E-state index is -0.0714. The van der Waals surface area contributed by atoms with Crippen molar-refractivity contribution in [2.45, 2.75) is 20.8 Å². The van der Waals surface area contributed by atoms with E-state index in [0.29, 0.717) is 18.8 Å². The van der Waals surface area contributed by atoms with Gasteiger partial charge in [0, 0.05) is 20.6 Å². The van der Waals surface area contributed by atoms with Gasteiger partial charge in [0.2, 0.25) is 0 Å². The molecule has 0 aromatic carbocycles. The Bertz CT molecular complexity index is 414. The minimum Gasteiger partial charge on any atom is -0.340 e. The molecule has 6 heteroatoms. The summed E-state index contributed by atoms with van der Waals surface area (Å²) in [7, 11) is 3.57. The predicted octanol–water partition coefficient (Wildman–Crippen LogP) is 1.21. The van der Waals surface area contributed by atoms with E-state index in [9.17, 15) is 4.79 Å². The Morgan fingerprint density at radius 1 is 1.56 bits per heavy atom. The molecule has 5 nitrogen and oxygen atoms in total. The van der Waals surface area contributed by atoms with Crippen molar-refractivity contribution in [1.82, 2.24) is 14.7 Å². The average Bonchev–Trinajstić information content (AvgIpc) is 2.56. The molecule has 0 fully saturated rings. The highest BCUT2D eigenvalue weighted by atomic mass is 35.5. The molecule has 0 spiro atoms. The highest BCUT2D eigenvalue weighted by Gasteiger charge is 2.23. The largest absolute Gasteiger partial charge is 0.340 e. The molecule has 1 aromatic rings. The number of carbonyl (C=O) groups excluding carboxylic acids is 1. The number of hydrogen-bond acceptors (Lipinski definition) is 3. The van der Waals surface area contributed by atoms with Gasteiger partial charge < -0.3 is 10.6 Å². The second-order valence-electron chi connectivity index (χ2n) is 5.32. The Kier molecular flexibility index (Phi) is 5.83. The molecule has 0 aliphatic rings. The molecule has 1 amide bonds. The molecular weight excluding hydrogens is 252 g/mol. The molecule has 0 saturated carbocycles. The zero-order valence-corrected chi connectivity index (χ0v) is 12.5. The predicted molar refractivity (Wildman–Crippen MR) is 75.0 cm³/mol. The number of carbonyl (C=O) groups is 1. The summed E-state index contributed by atoms with van der Waals surface area (Å²) in [6.07, 6.45) is 0. The lowest BCUT2D eigenvalue weighted by Crippen LogP contribution is -2.40. The summed E-state index contributed by atoms with van der Waals surface area (Å²) < 4.78 is 1.61. The van der Waals surface area contributed by atoms with Crippen LogP contribution in [0.4, 0.5) is 0 Å². The molecular formula is C12H23ClN4O. The highest BCUT2D eigenvalue weighted by molar-refractivity contribution is 5.92. The van der Waals surface area contributed by atoms with Crippen LogP contribution in [0.2, 0.25) is 0 Å². The molecule has 0 bridgehead atoms. The summed E-state index contributed by atoms with van der Waals surface area (Å²) >= 11 is 0. The monoisotopic (exact) mass is 274 g/mol. The fourth-order valence-corrected chi connectivity index (χ4v) is 1.78. The SMILES string of the molecule is Cc1cc(C(=O)N(C)CC(C)(C)CN)n(C)n1.Cl. The van der Waals surface area contributed by atoms with Gasteiger partial charge in [-0.25, -0.2) is 0 Å². The number of nitrogens with zero attached hydrogens (tertiary/aromatic N) is 3. The van der Waals surface area contributed by atoms with Crippen molar-refractivity contribution in [3.05, 3.63) is 17.5 Å². The van der Waals surface area contributed by atoms with E-state index < -0.39 is 0 Å².